The average Bonchev–Trinajstić information content (AvgIpc) is 2.34. The quantitative estimate of drug-likeness (QED) is 0.505. The first kappa shape index (κ1) is 6.29. The van der Waals surface area contributed by atoms with E-state index in [1.165, 1.54) is 6.33 Å². The number of hydrogen-bond donors (Lipinski definition) is 3. The lowest BCUT2D eigenvalue weighted by molar-refractivity contribution is 1.20. The van der Waals surface area contributed by atoms with E-state index in [0.29, 0.717) is 15.8 Å². The fraction of sp³-hybridized carbons (Fsp3) is 0. The van der Waals surface area contributed by atoms with Crippen molar-refractivity contribution in [2.24, 2.45) is 0 Å². The van der Waals surface area contributed by atoms with Gasteiger partial charge < -0.3 is 15.7 Å². The van der Waals surface area contributed by atoms with E-state index in [9.17, 15) is 0 Å². The van der Waals surface area contributed by atoms with Crippen LogP contribution in [0.3, 0.4) is 0 Å². The van der Waals surface area contributed by atoms with Gasteiger partial charge in [-0.3, -0.25) is 0 Å². The molecule has 0 radical (unpaired) electrons. The van der Waals surface area contributed by atoms with Gasteiger partial charge in [-0.1, -0.05) is 12.2 Å². The van der Waals surface area contributed by atoms with Gasteiger partial charge in [0.05, 0.1) is 6.33 Å². The number of H-pyrrole nitrogens is 2. The molecule has 0 aliphatic heterocycles. The lowest BCUT2D eigenvalue weighted by atomic mass is 10.6. The smallest absolute Gasteiger partial charge is 0.200 e. The van der Waals surface area contributed by atoms with Gasteiger partial charge in [-0.15, -0.1) is 0 Å². The maximum absolute atomic E-state index is 5.40. The summed E-state index contributed by atoms with van der Waals surface area (Å²) in [4.78, 5) is 13.4. The SMILES string of the molecule is Nc1nc(=[35S])c2[nH]cnc2[nH]1. The van der Waals surface area contributed by atoms with Crippen LogP contribution in [0.1, 0.15) is 0 Å². The van der Waals surface area contributed by atoms with E-state index < -0.39 is 0 Å². The minimum Gasteiger partial charge on any atom is -0.369 e. The molecular weight excluding hydrogens is 165 g/mol. The van der Waals surface area contributed by atoms with E-state index in [1.807, 2.05) is 0 Å². The summed E-state index contributed by atoms with van der Waals surface area (Å²) in [6, 6.07) is 0. The van der Waals surface area contributed by atoms with Crippen LogP contribution < -0.4 is 5.73 Å². The predicted octanol–water partition coefficient (Wildman–Crippen LogP) is 0.598. The first-order valence-corrected chi connectivity index (χ1v) is 3.37. The molecule has 0 aromatic carbocycles. The van der Waals surface area contributed by atoms with Crippen molar-refractivity contribution >= 4 is 29.3 Å². The number of rotatable bonds is 0. The molecule has 0 bridgehead atoms. The molecule has 2 aromatic rings. The Balaban J connectivity index is 3.02. The number of aromatic nitrogens is 4. The Bertz CT molecular complexity index is 441. The summed E-state index contributed by atoms with van der Waals surface area (Å²) in [7, 11) is 0. The normalized spacial score (nSPS) is 10.5. The summed E-state index contributed by atoms with van der Waals surface area (Å²) in [5.74, 6) is 0.287. The summed E-state index contributed by atoms with van der Waals surface area (Å²) in [6.07, 6.45) is 1.54. The van der Waals surface area contributed by atoms with Crippen molar-refractivity contribution in [1.82, 2.24) is 19.9 Å². The van der Waals surface area contributed by atoms with E-state index in [0.717, 1.165) is 0 Å². The fourth-order valence-corrected chi connectivity index (χ4v) is 1.12. The van der Waals surface area contributed by atoms with Gasteiger partial charge in [-0.2, -0.15) is 0 Å². The molecule has 11 heavy (non-hydrogen) atoms. The topological polar surface area (TPSA) is 83.4 Å². The van der Waals surface area contributed by atoms with Crippen LogP contribution in [0.4, 0.5) is 5.95 Å². The summed E-state index contributed by atoms with van der Waals surface area (Å²) in [6.45, 7) is 0. The Morgan fingerprint density at radius 3 is 3.18 bits per heavy atom. The molecule has 0 saturated heterocycles. The van der Waals surface area contributed by atoms with Crippen LogP contribution in [-0.4, -0.2) is 19.9 Å². The molecule has 2 aromatic heterocycles. The number of fused-ring (bicyclic) bond motifs is 1. The molecule has 0 aliphatic rings. The Morgan fingerprint density at radius 2 is 2.36 bits per heavy atom. The van der Waals surface area contributed by atoms with Crippen molar-refractivity contribution in [2.75, 3.05) is 5.73 Å². The molecule has 0 amide bonds. The van der Waals surface area contributed by atoms with E-state index in [-0.39, 0.29) is 5.95 Å². The highest BCUT2D eigenvalue weighted by molar-refractivity contribution is 7.71. The number of hydrogen-bond acceptors (Lipinski definition) is 4. The van der Waals surface area contributed by atoms with Crippen molar-refractivity contribution in [3.05, 3.63) is 11.0 Å². The van der Waals surface area contributed by atoms with Gasteiger partial charge in [0.1, 0.15) is 5.52 Å². The lowest BCUT2D eigenvalue weighted by Crippen LogP contribution is -1.94. The molecule has 2 heterocycles. The average molecular weight is 170 g/mol. The monoisotopic (exact) mass is 170 g/mol. The van der Waals surface area contributed by atoms with Crippen molar-refractivity contribution in [3.8, 4) is 0 Å². The zero-order valence-corrected chi connectivity index (χ0v) is 6.27. The van der Waals surface area contributed by atoms with Gasteiger partial charge in [0.15, 0.2) is 10.3 Å². The van der Waals surface area contributed by atoms with Crippen LogP contribution >= 0.6 is 12.2 Å². The van der Waals surface area contributed by atoms with Gasteiger partial charge in [0.25, 0.3) is 0 Å². The zero-order chi connectivity index (χ0) is 7.84. The second-order valence-electron chi connectivity index (χ2n) is 2.05. The van der Waals surface area contributed by atoms with Crippen molar-refractivity contribution < 1.29 is 0 Å². The van der Waals surface area contributed by atoms with Crippen LogP contribution in [0.15, 0.2) is 6.33 Å². The molecular formula is C5H5N5S. The zero-order valence-electron chi connectivity index (χ0n) is 5.46. The third kappa shape index (κ3) is 0.874. The Morgan fingerprint density at radius 1 is 1.55 bits per heavy atom. The maximum atomic E-state index is 5.40. The van der Waals surface area contributed by atoms with Crippen molar-refractivity contribution in [2.45, 2.75) is 0 Å². The first-order valence-electron chi connectivity index (χ1n) is 2.96. The highest BCUT2D eigenvalue weighted by Crippen LogP contribution is 2.06. The Labute approximate surface area is 66.7 Å². The highest BCUT2D eigenvalue weighted by Gasteiger charge is 1.98. The van der Waals surface area contributed by atoms with E-state index in [4.69, 9.17) is 18.0 Å². The molecule has 0 aliphatic carbocycles. The molecule has 6 heteroatoms. The number of nitrogen functional groups attached to an aromatic ring is 1. The standard InChI is InChI=1S/C5H5N5S/c6-5-9-3-2(4(11)10-5)7-1-8-3/h1H,(H4,6,7,8,9,10,11)/i11+3. The number of aromatic amines is 2. The Hall–Kier alpha value is -1.43. The van der Waals surface area contributed by atoms with Gasteiger partial charge in [-0.25, -0.2) is 9.97 Å². The van der Waals surface area contributed by atoms with Crippen LogP contribution in [0.5, 0.6) is 0 Å². The summed E-state index contributed by atoms with van der Waals surface area (Å²) in [5.41, 5.74) is 6.75. The van der Waals surface area contributed by atoms with Gasteiger partial charge in [0, 0.05) is 0 Å². The molecule has 0 spiro atoms. The molecule has 5 nitrogen and oxygen atoms in total. The molecule has 0 saturated carbocycles. The number of nitrogens with zero attached hydrogens (tertiary/aromatic N) is 2. The number of nitrogens with two attached hydrogens (primary N) is 1. The van der Waals surface area contributed by atoms with E-state index >= 15 is 0 Å². The van der Waals surface area contributed by atoms with E-state index in [1.54, 1.807) is 0 Å². The third-order valence-electron chi connectivity index (χ3n) is 1.32. The number of imidazole rings is 1. The third-order valence-corrected chi connectivity index (χ3v) is 1.62. The fourth-order valence-electron chi connectivity index (χ4n) is 0.867. The number of anilines is 1. The van der Waals surface area contributed by atoms with Crippen LogP contribution in [-0.2, 0) is 0 Å². The van der Waals surface area contributed by atoms with Crippen LogP contribution in [0.25, 0.3) is 11.2 Å². The Kier molecular flexibility index (Phi) is 1.16. The first-order chi connectivity index (χ1) is 5.27. The van der Waals surface area contributed by atoms with E-state index in [2.05, 4.69) is 19.9 Å². The van der Waals surface area contributed by atoms with Gasteiger partial charge in [0.2, 0.25) is 5.95 Å². The molecule has 0 atom stereocenters. The minimum atomic E-state index is 0.287. The predicted molar refractivity (Wildman–Crippen MR) is 43.5 cm³/mol. The van der Waals surface area contributed by atoms with Gasteiger partial charge in [-0.05, 0) is 0 Å². The lowest BCUT2D eigenvalue weighted by Gasteiger charge is -1.91. The molecule has 4 N–H and O–H groups in total. The second kappa shape index (κ2) is 2.03. The summed E-state index contributed by atoms with van der Waals surface area (Å²) >= 11 is 4.91. The second-order valence-corrected chi connectivity index (χ2v) is 2.44. The van der Waals surface area contributed by atoms with Crippen LogP contribution in [0.2, 0.25) is 0 Å². The largest absolute Gasteiger partial charge is 0.369 e. The summed E-state index contributed by atoms with van der Waals surface area (Å²) < 4.78 is 0.439. The highest BCUT2D eigenvalue weighted by atomic mass is 35.0. The van der Waals surface area contributed by atoms with Crippen LogP contribution in [0, 0.1) is 4.64 Å². The molecule has 0 fully saturated rings. The number of nitrogens with one attached hydrogen (secondary N) is 2. The molecule has 56 valence electrons. The summed E-state index contributed by atoms with van der Waals surface area (Å²) in [5, 5.41) is 0. The van der Waals surface area contributed by atoms with Gasteiger partial charge >= 0.3 is 0 Å². The minimum absolute atomic E-state index is 0.287. The maximum Gasteiger partial charge on any atom is 0.200 e. The van der Waals surface area contributed by atoms with Crippen molar-refractivity contribution in [3.63, 3.8) is 0 Å². The molecule has 2 rings (SSSR count). The molecule has 0 unspecified atom stereocenters. The van der Waals surface area contributed by atoms with Crippen molar-refractivity contribution in [1.29, 1.82) is 0 Å².